The Hall–Kier alpha value is -2.57. The average Bonchev–Trinajstić information content (AvgIpc) is 3.03. The lowest BCUT2D eigenvalue weighted by Crippen LogP contribution is -2.41. The topological polar surface area (TPSA) is 74.6 Å². The number of hydrogen-bond acceptors (Lipinski definition) is 6. The van der Waals surface area contributed by atoms with Crippen LogP contribution in [0.4, 0.5) is 11.6 Å². The number of fused-ring (bicyclic) bond motifs is 3. The van der Waals surface area contributed by atoms with Gasteiger partial charge in [0.15, 0.2) is 11.4 Å². The summed E-state index contributed by atoms with van der Waals surface area (Å²) in [5.74, 6) is 1.71. The minimum atomic E-state index is 0.109. The quantitative estimate of drug-likeness (QED) is 0.831. The van der Waals surface area contributed by atoms with Gasteiger partial charge >= 0.3 is 0 Å². The predicted molar refractivity (Wildman–Crippen MR) is 98.1 cm³/mol. The molecule has 1 atom stereocenters. The van der Waals surface area contributed by atoms with Crippen molar-refractivity contribution < 1.29 is 4.79 Å². The summed E-state index contributed by atoms with van der Waals surface area (Å²) in [4.78, 5) is 19.7. The van der Waals surface area contributed by atoms with Crippen molar-refractivity contribution in [3.63, 3.8) is 0 Å². The lowest BCUT2D eigenvalue weighted by atomic mass is 10.0. The zero-order valence-electron chi connectivity index (χ0n) is 14.6. The zero-order valence-corrected chi connectivity index (χ0v) is 14.6. The van der Waals surface area contributed by atoms with Crippen molar-refractivity contribution in [3.8, 4) is 0 Å². The number of anilines is 2. The van der Waals surface area contributed by atoms with Crippen LogP contribution < -0.4 is 10.6 Å². The van der Waals surface area contributed by atoms with E-state index in [-0.39, 0.29) is 5.78 Å². The van der Waals surface area contributed by atoms with Crippen molar-refractivity contribution in [3.05, 3.63) is 30.1 Å². The normalized spacial score (nSPS) is 21.5. The molecule has 1 saturated heterocycles. The van der Waals surface area contributed by atoms with E-state index in [2.05, 4.69) is 27.2 Å². The second kappa shape index (κ2) is 6.38. The van der Waals surface area contributed by atoms with Crippen LogP contribution in [0.1, 0.15) is 42.5 Å². The summed E-state index contributed by atoms with van der Waals surface area (Å²) in [7, 11) is 1.85. The smallest absolute Gasteiger partial charge is 0.170 e. The third kappa shape index (κ3) is 2.94. The molecule has 2 aromatic rings. The predicted octanol–water partition coefficient (Wildman–Crippen LogP) is 2.53. The summed E-state index contributed by atoms with van der Waals surface area (Å²) in [6, 6.07) is 2.27. The standard InChI is InChI=1S/C18H24N6O/c1-12-6-7-13-11-23(12)8-4-3-5-15(25)14-10-20-24-17(19-2)9-16(21-13)22-18(14)24/h9-10,13,19H,1,3-8,11H2,2H3,(H,21,22). The molecule has 0 amide bonds. The summed E-state index contributed by atoms with van der Waals surface area (Å²) >= 11 is 0. The van der Waals surface area contributed by atoms with E-state index in [4.69, 9.17) is 4.98 Å². The van der Waals surface area contributed by atoms with Crippen LogP contribution in [0.25, 0.3) is 5.65 Å². The van der Waals surface area contributed by atoms with Gasteiger partial charge in [-0.2, -0.15) is 9.61 Å². The van der Waals surface area contributed by atoms with Crippen LogP contribution in [0.5, 0.6) is 0 Å². The molecule has 4 rings (SSSR count). The van der Waals surface area contributed by atoms with Crippen LogP contribution in [0.2, 0.25) is 0 Å². The van der Waals surface area contributed by atoms with Gasteiger partial charge in [-0.1, -0.05) is 6.58 Å². The van der Waals surface area contributed by atoms with Crippen molar-refractivity contribution >= 4 is 23.1 Å². The fourth-order valence-electron chi connectivity index (χ4n) is 3.70. The fraction of sp³-hybridized carbons (Fsp3) is 0.500. The Bertz CT molecular complexity index is 826. The number of nitrogens with one attached hydrogen (secondary N) is 2. The van der Waals surface area contributed by atoms with Gasteiger partial charge in [0.25, 0.3) is 0 Å². The highest BCUT2D eigenvalue weighted by molar-refractivity contribution is 6.01. The highest BCUT2D eigenvalue weighted by Gasteiger charge is 2.24. The number of hydrogen-bond donors (Lipinski definition) is 2. The number of rotatable bonds is 1. The van der Waals surface area contributed by atoms with Gasteiger partial charge in [0.05, 0.1) is 11.8 Å². The molecule has 1 unspecified atom stereocenters. The van der Waals surface area contributed by atoms with Crippen LogP contribution in [-0.4, -0.2) is 51.5 Å². The zero-order chi connectivity index (χ0) is 17.4. The number of Topliss-reactive ketones (excluding diaryl/α,β-unsaturated/α-hetero) is 1. The molecular weight excluding hydrogens is 316 g/mol. The first-order valence-corrected chi connectivity index (χ1v) is 8.94. The van der Waals surface area contributed by atoms with Gasteiger partial charge in [-0.05, 0) is 25.7 Å². The molecule has 0 aromatic carbocycles. The number of ketones is 1. The lowest BCUT2D eigenvalue weighted by Gasteiger charge is -2.36. The highest BCUT2D eigenvalue weighted by atomic mass is 16.1. The van der Waals surface area contributed by atoms with E-state index in [1.54, 1.807) is 10.7 Å². The van der Waals surface area contributed by atoms with Crippen LogP contribution in [0.15, 0.2) is 24.5 Å². The summed E-state index contributed by atoms with van der Waals surface area (Å²) in [6.45, 7) is 6.09. The van der Waals surface area contributed by atoms with Gasteiger partial charge in [0.2, 0.25) is 0 Å². The first-order chi connectivity index (χ1) is 12.2. The Balaban J connectivity index is 1.76. The molecule has 1 fully saturated rings. The highest BCUT2D eigenvalue weighted by Crippen LogP contribution is 2.25. The largest absolute Gasteiger partial charge is 0.373 e. The van der Waals surface area contributed by atoms with Gasteiger partial charge < -0.3 is 15.5 Å². The van der Waals surface area contributed by atoms with Crippen molar-refractivity contribution in [1.82, 2.24) is 19.5 Å². The van der Waals surface area contributed by atoms with Gasteiger partial charge in [-0.25, -0.2) is 4.98 Å². The first-order valence-electron chi connectivity index (χ1n) is 8.94. The van der Waals surface area contributed by atoms with Crippen molar-refractivity contribution in [2.45, 2.75) is 38.1 Å². The van der Waals surface area contributed by atoms with Gasteiger partial charge in [0.1, 0.15) is 11.6 Å². The minimum absolute atomic E-state index is 0.109. The van der Waals surface area contributed by atoms with Gasteiger partial charge in [0, 0.05) is 44.4 Å². The number of carbonyl (C=O) groups excluding carboxylic acids is 1. The Kier molecular flexibility index (Phi) is 4.07. The molecule has 0 radical (unpaired) electrons. The molecule has 7 nitrogen and oxygen atoms in total. The Morgan fingerprint density at radius 2 is 2.24 bits per heavy atom. The molecule has 0 spiro atoms. The average molecular weight is 340 g/mol. The molecule has 2 aliphatic heterocycles. The molecule has 4 heterocycles. The van der Waals surface area contributed by atoms with Crippen LogP contribution >= 0.6 is 0 Å². The number of aromatic nitrogens is 3. The van der Waals surface area contributed by atoms with E-state index in [0.29, 0.717) is 23.7 Å². The number of piperidine rings is 1. The Morgan fingerprint density at radius 3 is 3.08 bits per heavy atom. The van der Waals surface area contributed by atoms with E-state index in [0.717, 1.165) is 50.4 Å². The van der Waals surface area contributed by atoms with E-state index in [1.807, 2.05) is 13.1 Å². The van der Waals surface area contributed by atoms with E-state index in [1.165, 1.54) is 5.70 Å². The molecule has 2 aliphatic rings. The molecule has 0 saturated carbocycles. The van der Waals surface area contributed by atoms with E-state index >= 15 is 0 Å². The molecule has 2 aromatic heterocycles. The lowest BCUT2D eigenvalue weighted by molar-refractivity contribution is 0.0979. The molecule has 0 aliphatic carbocycles. The first kappa shape index (κ1) is 15.9. The van der Waals surface area contributed by atoms with Crippen LogP contribution in [0.3, 0.4) is 0 Å². The fourth-order valence-corrected chi connectivity index (χ4v) is 3.70. The maximum atomic E-state index is 12.6. The van der Waals surface area contributed by atoms with Crippen molar-refractivity contribution in [2.75, 3.05) is 30.8 Å². The van der Waals surface area contributed by atoms with Gasteiger partial charge in [-0.3, -0.25) is 4.79 Å². The molecule has 7 heteroatoms. The summed E-state index contributed by atoms with van der Waals surface area (Å²) < 4.78 is 1.70. The third-order valence-corrected chi connectivity index (χ3v) is 5.13. The second-order valence-corrected chi connectivity index (χ2v) is 6.84. The maximum Gasteiger partial charge on any atom is 0.170 e. The molecule has 4 bridgehead atoms. The van der Waals surface area contributed by atoms with Crippen LogP contribution in [0, 0.1) is 0 Å². The summed E-state index contributed by atoms with van der Waals surface area (Å²) in [6.07, 6.45) is 6.07. The SMILES string of the molecule is C=C1CCC2CN1CCCCC(=O)c1cnn3c(NC)cc(nc13)N2. The maximum absolute atomic E-state index is 12.6. The Labute approximate surface area is 147 Å². The number of nitrogens with zero attached hydrogens (tertiary/aromatic N) is 4. The van der Waals surface area contributed by atoms with E-state index < -0.39 is 0 Å². The minimum Gasteiger partial charge on any atom is -0.373 e. The molecular formula is C18H24N6O. The third-order valence-electron chi connectivity index (χ3n) is 5.13. The molecule has 2 N–H and O–H groups in total. The molecule has 132 valence electrons. The van der Waals surface area contributed by atoms with Crippen LogP contribution in [-0.2, 0) is 0 Å². The summed E-state index contributed by atoms with van der Waals surface area (Å²) in [5, 5.41) is 11.0. The second-order valence-electron chi connectivity index (χ2n) is 6.84. The van der Waals surface area contributed by atoms with Crippen molar-refractivity contribution in [1.29, 1.82) is 0 Å². The van der Waals surface area contributed by atoms with Crippen molar-refractivity contribution in [2.24, 2.45) is 0 Å². The van der Waals surface area contributed by atoms with Gasteiger partial charge in [-0.15, -0.1) is 0 Å². The number of carbonyl (C=O) groups is 1. The molecule has 25 heavy (non-hydrogen) atoms. The Morgan fingerprint density at radius 1 is 1.36 bits per heavy atom. The monoisotopic (exact) mass is 340 g/mol. The van der Waals surface area contributed by atoms with E-state index in [9.17, 15) is 4.79 Å². The number of allylic oxidation sites excluding steroid dienone is 1. The summed E-state index contributed by atoms with van der Waals surface area (Å²) in [5.41, 5.74) is 2.43.